The van der Waals surface area contributed by atoms with Crippen molar-refractivity contribution in [3.63, 3.8) is 0 Å². The summed E-state index contributed by atoms with van der Waals surface area (Å²) in [7, 11) is 0. The highest BCUT2D eigenvalue weighted by atomic mass is 35.5. The first kappa shape index (κ1) is 16.2. The van der Waals surface area contributed by atoms with Crippen LogP contribution in [-0.2, 0) is 6.54 Å². The summed E-state index contributed by atoms with van der Waals surface area (Å²) >= 11 is 5.85. The van der Waals surface area contributed by atoms with Gasteiger partial charge in [-0.05, 0) is 37.6 Å². The third kappa shape index (κ3) is 3.30. The molecule has 0 aliphatic rings. The van der Waals surface area contributed by atoms with Gasteiger partial charge in [0, 0.05) is 17.4 Å². The van der Waals surface area contributed by atoms with E-state index < -0.39 is 5.91 Å². The van der Waals surface area contributed by atoms with Gasteiger partial charge in [-0.25, -0.2) is 4.39 Å². The summed E-state index contributed by atoms with van der Waals surface area (Å²) < 4.78 is 19.9. The van der Waals surface area contributed by atoms with Crippen molar-refractivity contribution in [3.8, 4) is 0 Å². The highest BCUT2D eigenvalue weighted by Crippen LogP contribution is 2.20. The van der Waals surface area contributed by atoms with Crippen molar-refractivity contribution in [1.29, 1.82) is 0 Å². The average Bonchev–Trinajstić information content (AvgIpc) is 3.09. The molecule has 2 aromatic heterocycles. The number of aryl methyl sites for hydroxylation is 2. The molecule has 24 heavy (non-hydrogen) atoms. The zero-order chi connectivity index (χ0) is 17.3. The molecule has 124 valence electrons. The molecule has 0 aliphatic heterocycles. The van der Waals surface area contributed by atoms with E-state index in [9.17, 15) is 9.18 Å². The predicted molar refractivity (Wildman–Crippen MR) is 86.7 cm³/mol. The van der Waals surface area contributed by atoms with Crippen LogP contribution in [0.3, 0.4) is 0 Å². The van der Waals surface area contributed by atoms with Gasteiger partial charge in [0.1, 0.15) is 11.6 Å². The molecular formula is C16H14ClFN4O2. The van der Waals surface area contributed by atoms with Crippen molar-refractivity contribution in [3.05, 3.63) is 64.0 Å². The van der Waals surface area contributed by atoms with Crippen LogP contribution >= 0.6 is 11.6 Å². The fraction of sp³-hybridized carbons (Fsp3) is 0.188. The van der Waals surface area contributed by atoms with Gasteiger partial charge in [0.25, 0.3) is 5.91 Å². The fourth-order valence-corrected chi connectivity index (χ4v) is 2.45. The van der Waals surface area contributed by atoms with Crippen LogP contribution in [0.5, 0.6) is 0 Å². The van der Waals surface area contributed by atoms with Crippen LogP contribution in [0.2, 0.25) is 5.02 Å². The minimum absolute atomic E-state index is 0.155. The fourth-order valence-electron chi connectivity index (χ4n) is 2.29. The number of hydrogen-bond donors (Lipinski definition) is 1. The lowest BCUT2D eigenvalue weighted by atomic mass is 10.1. The van der Waals surface area contributed by atoms with Gasteiger partial charge in [-0.1, -0.05) is 16.8 Å². The van der Waals surface area contributed by atoms with Gasteiger partial charge < -0.3 is 9.84 Å². The van der Waals surface area contributed by atoms with Crippen LogP contribution < -0.4 is 5.32 Å². The van der Waals surface area contributed by atoms with Crippen LogP contribution in [-0.4, -0.2) is 20.8 Å². The molecule has 6 nitrogen and oxygen atoms in total. The molecule has 0 aliphatic carbocycles. The third-order valence-electron chi connectivity index (χ3n) is 3.56. The molecule has 0 fully saturated rings. The van der Waals surface area contributed by atoms with E-state index in [2.05, 4.69) is 15.6 Å². The Kier molecular flexibility index (Phi) is 4.35. The van der Waals surface area contributed by atoms with Gasteiger partial charge in [0.05, 0.1) is 17.8 Å². The summed E-state index contributed by atoms with van der Waals surface area (Å²) in [6, 6.07) is 4.13. The molecule has 1 aromatic carbocycles. The molecule has 0 bridgehead atoms. The number of nitrogens with one attached hydrogen (secondary N) is 1. The van der Waals surface area contributed by atoms with Crippen LogP contribution in [0, 0.1) is 19.7 Å². The van der Waals surface area contributed by atoms with E-state index in [1.165, 1.54) is 24.4 Å². The number of halogens is 2. The van der Waals surface area contributed by atoms with E-state index >= 15 is 0 Å². The second-order valence-corrected chi connectivity index (χ2v) is 5.77. The van der Waals surface area contributed by atoms with Gasteiger partial charge >= 0.3 is 0 Å². The summed E-state index contributed by atoms with van der Waals surface area (Å²) in [5, 5.41) is 11.1. The number of benzene rings is 1. The SMILES string of the molecule is Cc1cc(F)ccc1NC(=O)c1noc(C)c1Cn1cc(Cl)cn1. The van der Waals surface area contributed by atoms with Crippen LogP contribution in [0.4, 0.5) is 10.1 Å². The summed E-state index contributed by atoms with van der Waals surface area (Å²) in [6.07, 6.45) is 3.14. The lowest BCUT2D eigenvalue weighted by molar-refractivity contribution is 0.101. The van der Waals surface area contributed by atoms with Gasteiger partial charge in [-0.3, -0.25) is 9.48 Å². The first-order valence-corrected chi connectivity index (χ1v) is 7.52. The monoisotopic (exact) mass is 348 g/mol. The van der Waals surface area contributed by atoms with Crippen molar-refractivity contribution in [2.45, 2.75) is 20.4 Å². The maximum Gasteiger partial charge on any atom is 0.278 e. The Morgan fingerprint density at radius 3 is 2.88 bits per heavy atom. The topological polar surface area (TPSA) is 73.0 Å². The van der Waals surface area contributed by atoms with Crippen LogP contribution in [0.15, 0.2) is 35.1 Å². The van der Waals surface area contributed by atoms with E-state index in [4.69, 9.17) is 16.1 Å². The number of carbonyl (C=O) groups is 1. The van der Waals surface area contributed by atoms with Gasteiger partial charge in [0.15, 0.2) is 5.69 Å². The molecule has 0 saturated heterocycles. The Labute approximate surface area is 142 Å². The Balaban J connectivity index is 1.85. The number of carbonyl (C=O) groups excluding carboxylic acids is 1. The molecule has 8 heteroatoms. The molecule has 1 N–H and O–H groups in total. The molecule has 0 saturated carbocycles. The van der Waals surface area contributed by atoms with E-state index in [-0.39, 0.29) is 11.5 Å². The maximum absolute atomic E-state index is 13.2. The lowest BCUT2D eigenvalue weighted by Gasteiger charge is -2.08. The van der Waals surface area contributed by atoms with Crippen molar-refractivity contribution < 1.29 is 13.7 Å². The Bertz CT molecular complexity index is 903. The predicted octanol–water partition coefficient (Wildman–Crippen LogP) is 3.58. The highest BCUT2D eigenvalue weighted by molar-refractivity contribution is 6.30. The van der Waals surface area contributed by atoms with Crippen molar-refractivity contribution >= 4 is 23.2 Å². The molecule has 0 spiro atoms. The Morgan fingerprint density at radius 2 is 2.21 bits per heavy atom. The number of aromatic nitrogens is 3. The van der Waals surface area contributed by atoms with Gasteiger partial charge in [-0.15, -0.1) is 0 Å². The second-order valence-electron chi connectivity index (χ2n) is 5.34. The smallest absolute Gasteiger partial charge is 0.278 e. The molecule has 1 amide bonds. The van der Waals surface area contributed by atoms with Crippen molar-refractivity contribution in [2.75, 3.05) is 5.32 Å². The minimum Gasteiger partial charge on any atom is -0.361 e. The zero-order valence-electron chi connectivity index (χ0n) is 13.0. The first-order chi connectivity index (χ1) is 11.4. The number of amides is 1. The van der Waals surface area contributed by atoms with E-state index in [1.54, 1.807) is 24.7 Å². The summed E-state index contributed by atoms with van der Waals surface area (Å²) in [5.41, 5.74) is 1.88. The average molecular weight is 349 g/mol. The number of anilines is 1. The molecule has 0 unspecified atom stereocenters. The lowest BCUT2D eigenvalue weighted by Crippen LogP contribution is -2.16. The molecule has 3 aromatic rings. The van der Waals surface area contributed by atoms with Crippen LogP contribution in [0.1, 0.15) is 27.4 Å². The maximum atomic E-state index is 13.2. The molecule has 0 radical (unpaired) electrons. The van der Waals surface area contributed by atoms with Gasteiger partial charge in [0.2, 0.25) is 0 Å². The number of rotatable bonds is 4. The minimum atomic E-state index is -0.435. The largest absolute Gasteiger partial charge is 0.361 e. The van der Waals surface area contributed by atoms with E-state index in [0.29, 0.717) is 34.1 Å². The third-order valence-corrected chi connectivity index (χ3v) is 3.75. The van der Waals surface area contributed by atoms with E-state index in [0.717, 1.165) is 0 Å². The van der Waals surface area contributed by atoms with Crippen molar-refractivity contribution in [1.82, 2.24) is 14.9 Å². The molecule has 2 heterocycles. The van der Waals surface area contributed by atoms with Crippen LogP contribution in [0.25, 0.3) is 0 Å². The Morgan fingerprint density at radius 1 is 1.42 bits per heavy atom. The summed E-state index contributed by atoms with van der Waals surface area (Å²) in [4.78, 5) is 12.5. The first-order valence-electron chi connectivity index (χ1n) is 7.14. The summed E-state index contributed by atoms with van der Waals surface area (Å²) in [6.45, 7) is 3.72. The molecule has 0 atom stereocenters. The summed E-state index contributed by atoms with van der Waals surface area (Å²) in [5.74, 6) is -0.281. The standard InChI is InChI=1S/C16H14ClFN4O2/c1-9-5-12(18)3-4-14(9)20-16(23)15-13(10(2)24-21-15)8-22-7-11(17)6-19-22/h3-7H,8H2,1-2H3,(H,20,23). The quantitative estimate of drug-likeness (QED) is 0.782. The van der Waals surface area contributed by atoms with E-state index in [1.807, 2.05) is 0 Å². The molecule has 3 rings (SSSR count). The Hall–Kier alpha value is -2.67. The second kappa shape index (κ2) is 6.45. The molecular weight excluding hydrogens is 335 g/mol. The number of hydrogen-bond acceptors (Lipinski definition) is 4. The zero-order valence-corrected chi connectivity index (χ0v) is 13.8. The number of nitrogens with zero attached hydrogens (tertiary/aromatic N) is 3. The highest BCUT2D eigenvalue weighted by Gasteiger charge is 2.21. The normalized spacial score (nSPS) is 10.8. The van der Waals surface area contributed by atoms with Gasteiger partial charge in [-0.2, -0.15) is 5.10 Å². The van der Waals surface area contributed by atoms with Crippen molar-refractivity contribution in [2.24, 2.45) is 0 Å².